The van der Waals surface area contributed by atoms with Gasteiger partial charge in [-0.05, 0) is 54.4 Å². The van der Waals surface area contributed by atoms with Crippen LogP contribution >= 0.6 is 0 Å². The van der Waals surface area contributed by atoms with Crippen molar-refractivity contribution < 1.29 is 31.8 Å². The second kappa shape index (κ2) is 10.3. The van der Waals surface area contributed by atoms with Gasteiger partial charge < -0.3 is 14.2 Å². The van der Waals surface area contributed by atoms with Gasteiger partial charge >= 0.3 is 6.18 Å². The third kappa shape index (κ3) is 7.00. The summed E-state index contributed by atoms with van der Waals surface area (Å²) in [6, 6.07) is 19.5. The third-order valence-electron chi connectivity index (χ3n) is 4.46. The van der Waals surface area contributed by atoms with Crippen LogP contribution in [0.4, 0.5) is 17.6 Å². The molecule has 7 heteroatoms. The van der Waals surface area contributed by atoms with Gasteiger partial charge in [0.1, 0.15) is 24.0 Å². The molecular weight excluding hydrogens is 412 g/mol. The Bertz CT molecular complexity index is 974. The highest BCUT2D eigenvalue weighted by Crippen LogP contribution is 2.29. The van der Waals surface area contributed by atoms with Crippen LogP contribution in [0.3, 0.4) is 0 Å². The summed E-state index contributed by atoms with van der Waals surface area (Å²) in [4.78, 5) is 0. The largest absolute Gasteiger partial charge is 0.493 e. The monoisotopic (exact) mass is 434 g/mol. The van der Waals surface area contributed by atoms with Crippen molar-refractivity contribution in [1.29, 1.82) is 0 Å². The molecule has 1 unspecified atom stereocenters. The third-order valence-corrected chi connectivity index (χ3v) is 4.46. The maximum atomic E-state index is 14.0. The fourth-order valence-electron chi connectivity index (χ4n) is 2.79. The summed E-state index contributed by atoms with van der Waals surface area (Å²) in [6.45, 7) is 0.568. The Labute approximate surface area is 178 Å². The van der Waals surface area contributed by atoms with Crippen LogP contribution in [0, 0.1) is 18.7 Å². The van der Waals surface area contributed by atoms with Crippen LogP contribution in [-0.2, 0) is 11.3 Å². The molecule has 0 saturated heterocycles. The second-order valence-electron chi connectivity index (χ2n) is 7.06. The SMILES string of the molecule is Cc1cccc(OCC(COCc2ccc(F)c(Oc3ccccc3)c2)C(F)(F)F)c1. The minimum absolute atomic E-state index is 0.0255. The number of hydrogen-bond donors (Lipinski definition) is 0. The number of halogens is 4. The summed E-state index contributed by atoms with van der Waals surface area (Å²) in [5, 5.41) is 0. The van der Waals surface area contributed by atoms with E-state index in [0.29, 0.717) is 17.1 Å². The normalized spacial score (nSPS) is 12.4. The summed E-state index contributed by atoms with van der Waals surface area (Å²) in [6.07, 6.45) is -4.48. The summed E-state index contributed by atoms with van der Waals surface area (Å²) in [7, 11) is 0. The van der Waals surface area contributed by atoms with Gasteiger partial charge in [-0.15, -0.1) is 0 Å². The van der Waals surface area contributed by atoms with Crippen molar-refractivity contribution in [3.05, 3.63) is 89.7 Å². The Morgan fingerprint density at radius 2 is 1.58 bits per heavy atom. The first-order valence-electron chi connectivity index (χ1n) is 9.66. The van der Waals surface area contributed by atoms with E-state index in [1.54, 1.807) is 48.5 Å². The molecule has 0 aliphatic heterocycles. The molecule has 0 N–H and O–H groups in total. The Balaban J connectivity index is 1.58. The van der Waals surface area contributed by atoms with Crippen molar-refractivity contribution in [2.24, 2.45) is 5.92 Å². The molecule has 0 amide bonds. The molecular formula is C24H22F4O3. The van der Waals surface area contributed by atoms with E-state index >= 15 is 0 Å². The summed E-state index contributed by atoms with van der Waals surface area (Å²) < 4.78 is 70.2. The number of aryl methyl sites for hydroxylation is 1. The minimum Gasteiger partial charge on any atom is -0.493 e. The van der Waals surface area contributed by atoms with Gasteiger partial charge in [0.15, 0.2) is 11.6 Å². The zero-order valence-electron chi connectivity index (χ0n) is 16.9. The molecule has 0 fully saturated rings. The first kappa shape index (κ1) is 22.6. The zero-order chi connectivity index (χ0) is 22.3. The average molecular weight is 434 g/mol. The van der Waals surface area contributed by atoms with E-state index in [9.17, 15) is 17.6 Å². The van der Waals surface area contributed by atoms with Crippen molar-refractivity contribution in [3.8, 4) is 17.2 Å². The minimum atomic E-state index is -4.48. The Hall–Kier alpha value is -3.06. The Kier molecular flexibility index (Phi) is 7.52. The number of alkyl halides is 3. The van der Waals surface area contributed by atoms with Crippen molar-refractivity contribution in [3.63, 3.8) is 0 Å². The topological polar surface area (TPSA) is 27.7 Å². The smallest absolute Gasteiger partial charge is 0.397 e. The molecule has 0 bridgehead atoms. The van der Waals surface area contributed by atoms with Crippen LogP contribution in [0.1, 0.15) is 11.1 Å². The zero-order valence-corrected chi connectivity index (χ0v) is 16.9. The lowest BCUT2D eigenvalue weighted by molar-refractivity contribution is -0.196. The van der Waals surface area contributed by atoms with E-state index in [2.05, 4.69) is 0 Å². The lowest BCUT2D eigenvalue weighted by Crippen LogP contribution is -2.32. The van der Waals surface area contributed by atoms with Crippen LogP contribution in [0.15, 0.2) is 72.8 Å². The first-order valence-corrected chi connectivity index (χ1v) is 9.66. The van der Waals surface area contributed by atoms with Gasteiger partial charge in [0.2, 0.25) is 0 Å². The molecule has 0 saturated carbocycles. The van der Waals surface area contributed by atoms with E-state index in [1.165, 1.54) is 18.2 Å². The molecule has 3 nitrogen and oxygen atoms in total. The number of hydrogen-bond acceptors (Lipinski definition) is 3. The number of para-hydroxylation sites is 1. The second-order valence-corrected chi connectivity index (χ2v) is 7.06. The highest BCUT2D eigenvalue weighted by Gasteiger charge is 2.40. The first-order chi connectivity index (χ1) is 14.8. The van der Waals surface area contributed by atoms with Crippen LogP contribution in [0.5, 0.6) is 17.2 Å². The molecule has 3 rings (SSSR count). The molecule has 0 aliphatic carbocycles. The fourth-order valence-corrected chi connectivity index (χ4v) is 2.79. The lowest BCUT2D eigenvalue weighted by atomic mass is 10.1. The predicted octanol–water partition coefficient (Wildman–Crippen LogP) is 6.70. The van der Waals surface area contributed by atoms with Gasteiger partial charge in [-0.3, -0.25) is 0 Å². The molecule has 1 atom stereocenters. The van der Waals surface area contributed by atoms with E-state index in [1.807, 2.05) is 13.0 Å². The van der Waals surface area contributed by atoms with Gasteiger partial charge in [-0.25, -0.2) is 4.39 Å². The van der Waals surface area contributed by atoms with Gasteiger partial charge in [0.25, 0.3) is 0 Å². The quantitative estimate of drug-likeness (QED) is 0.351. The van der Waals surface area contributed by atoms with Crippen LogP contribution < -0.4 is 9.47 Å². The molecule has 0 aromatic heterocycles. The molecule has 3 aromatic carbocycles. The van der Waals surface area contributed by atoms with Crippen LogP contribution in [-0.4, -0.2) is 19.4 Å². The Morgan fingerprint density at radius 3 is 2.29 bits per heavy atom. The molecule has 0 radical (unpaired) electrons. The predicted molar refractivity (Wildman–Crippen MR) is 109 cm³/mol. The Morgan fingerprint density at radius 1 is 0.839 bits per heavy atom. The van der Waals surface area contributed by atoms with Crippen LogP contribution in [0.2, 0.25) is 0 Å². The van der Waals surface area contributed by atoms with Crippen molar-refractivity contribution >= 4 is 0 Å². The van der Waals surface area contributed by atoms with Crippen molar-refractivity contribution in [2.75, 3.05) is 13.2 Å². The maximum Gasteiger partial charge on any atom is 0.397 e. The van der Waals surface area contributed by atoms with Gasteiger partial charge in [-0.1, -0.05) is 36.4 Å². The highest BCUT2D eigenvalue weighted by atomic mass is 19.4. The lowest BCUT2D eigenvalue weighted by Gasteiger charge is -2.21. The maximum absolute atomic E-state index is 14.0. The van der Waals surface area contributed by atoms with E-state index in [0.717, 1.165) is 5.56 Å². The molecule has 164 valence electrons. The molecule has 0 aliphatic rings. The molecule has 31 heavy (non-hydrogen) atoms. The van der Waals surface area contributed by atoms with Crippen molar-refractivity contribution in [1.82, 2.24) is 0 Å². The van der Waals surface area contributed by atoms with E-state index in [4.69, 9.17) is 14.2 Å². The summed E-state index contributed by atoms with van der Waals surface area (Å²) >= 11 is 0. The van der Waals surface area contributed by atoms with E-state index in [-0.39, 0.29) is 12.4 Å². The van der Waals surface area contributed by atoms with Gasteiger partial charge in [0, 0.05) is 0 Å². The molecule has 0 spiro atoms. The average Bonchev–Trinajstić information content (AvgIpc) is 2.72. The fraction of sp³-hybridized carbons (Fsp3) is 0.250. The van der Waals surface area contributed by atoms with Crippen LogP contribution in [0.25, 0.3) is 0 Å². The van der Waals surface area contributed by atoms with Gasteiger partial charge in [-0.2, -0.15) is 13.2 Å². The van der Waals surface area contributed by atoms with E-state index < -0.39 is 31.1 Å². The number of ether oxygens (including phenoxy) is 3. The summed E-state index contributed by atoms with van der Waals surface area (Å²) in [5.41, 5.74) is 1.38. The molecule has 0 heterocycles. The number of rotatable bonds is 9. The van der Waals surface area contributed by atoms with Gasteiger partial charge in [0.05, 0.1) is 13.2 Å². The molecule has 3 aromatic rings. The highest BCUT2D eigenvalue weighted by molar-refractivity contribution is 5.35. The van der Waals surface area contributed by atoms with Crippen molar-refractivity contribution in [2.45, 2.75) is 19.7 Å². The summed E-state index contributed by atoms with van der Waals surface area (Å²) in [5.74, 6) is -1.58. The standard InChI is InChI=1S/C24H22F4O3/c1-17-6-5-9-21(12-17)30-16-19(24(26,27)28)15-29-14-18-10-11-22(25)23(13-18)31-20-7-3-2-4-8-20/h2-13,19H,14-16H2,1H3. The number of benzene rings is 3.